The number of hydrogen-bond acceptors (Lipinski definition) is 4. The van der Waals surface area contributed by atoms with Crippen molar-refractivity contribution in [2.75, 3.05) is 18.9 Å². The molecule has 0 aromatic heterocycles. The fourth-order valence-electron chi connectivity index (χ4n) is 1.74. The Balaban J connectivity index is 2.27. The lowest BCUT2D eigenvalue weighted by Crippen LogP contribution is -2.24. The second kappa shape index (κ2) is 4.18. The highest BCUT2D eigenvalue weighted by Crippen LogP contribution is 2.24. The van der Waals surface area contributed by atoms with Gasteiger partial charge >= 0.3 is 0 Å². The highest BCUT2D eigenvalue weighted by atomic mass is 16.3. The number of aliphatic hydroxyl groups is 1. The summed E-state index contributed by atoms with van der Waals surface area (Å²) < 4.78 is 0. The van der Waals surface area contributed by atoms with Crippen molar-refractivity contribution in [3.8, 4) is 0 Å². The molecule has 1 aliphatic heterocycles. The summed E-state index contributed by atoms with van der Waals surface area (Å²) in [7, 11) is 1.47. The van der Waals surface area contributed by atoms with Crippen molar-refractivity contribution in [3.63, 3.8) is 0 Å². The predicted octanol–water partition coefficient (Wildman–Crippen LogP) is 0.705. The molecule has 0 unspecified atom stereocenters. The van der Waals surface area contributed by atoms with Gasteiger partial charge in [-0.3, -0.25) is 14.5 Å². The molecule has 0 radical (unpaired) electrons. The molecule has 1 aliphatic rings. The highest BCUT2D eigenvalue weighted by Gasteiger charge is 2.32. The number of nitrogens with zero attached hydrogens (tertiary/aromatic N) is 1. The van der Waals surface area contributed by atoms with Gasteiger partial charge in [0.05, 0.1) is 17.2 Å². The number of carbonyl (C=O) groups is 2. The average molecular weight is 234 g/mol. The summed E-state index contributed by atoms with van der Waals surface area (Å²) in [5, 5.41) is 12.1. The molecule has 2 rings (SSSR count). The largest absolute Gasteiger partial charge is 0.392 e. The van der Waals surface area contributed by atoms with Gasteiger partial charge in [-0.25, -0.2) is 0 Å². The second-order valence-electron chi connectivity index (χ2n) is 4.16. The van der Waals surface area contributed by atoms with Crippen LogP contribution in [0.1, 0.15) is 27.6 Å². The molecule has 0 fully saturated rings. The number of anilines is 1. The van der Waals surface area contributed by atoms with Crippen LogP contribution >= 0.6 is 0 Å². The van der Waals surface area contributed by atoms with E-state index in [9.17, 15) is 9.59 Å². The molecule has 90 valence electrons. The Hall–Kier alpha value is -1.88. The van der Waals surface area contributed by atoms with Crippen LogP contribution in [0.3, 0.4) is 0 Å². The average Bonchev–Trinajstić information content (AvgIpc) is 2.52. The standard InChI is InChI=1S/C12H14N2O3/c1-7(15)6-13-8-3-4-9-10(5-8)12(17)14(2)11(9)16/h3-5,7,13,15H,6H2,1-2H3/t7-/m0/s1. The van der Waals surface area contributed by atoms with Crippen molar-refractivity contribution in [1.82, 2.24) is 4.90 Å². The minimum absolute atomic E-state index is 0.271. The molecule has 1 atom stereocenters. The maximum absolute atomic E-state index is 11.7. The molecule has 1 aromatic rings. The van der Waals surface area contributed by atoms with Crippen LogP contribution in [0.25, 0.3) is 0 Å². The van der Waals surface area contributed by atoms with E-state index in [1.807, 2.05) is 0 Å². The van der Waals surface area contributed by atoms with E-state index in [1.165, 1.54) is 7.05 Å². The van der Waals surface area contributed by atoms with Gasteiger partial charge < -0.3 is 10.4 Å². The molecule has 0 saturated heterocycles. The summed E-state index contributed by atoms with van der Waals surface area (Å²) in [4.78, 5) is 24.5. The normalized spacial score (nSPS) is 16.1. The molecule has 0 aliphatic carbocycles. The molecule has 1 heterocycles. The summed E-state index contributed by atoms with van der Waals surface area (Å²) in [5.41, 5.74) is 1.56. The maximum Gasteiger partial charge on any atom is 0.261 e. The van der Waals surface area contributed by atoms with Gasteiger partial charge in [-0.05, 0) is 25.1 Å². The molecular weight excluding hydrogens is 220 g/mol. The SMILES string of the molecule is C[C@H](O)CNc1ccc2c(c1)C(=O)N(C)C2=O. The summed E-state index contributed by atoms with van der Waals surface area (Å²) in [6.45, 7) is 2.07. The van der Waals surface area contributed by atoms with Crippen molar-refractivity contribution in [2.24, 2.45) is 0 Å². The number of imide groups is 1. The zero-order valence-electron chi connectivity index (χ0n) is 9.73. The third-order valence-electron chi connectivity index (χ3n) is 2.69. The third kappa shape index (κ3) is 2.01. The predicted molar refractivity (Wildman–Crippen MR) is 63.0 cm³/mol. The minimum Gasteiger partial charge on any atom is -0.392 e. The van der Waals surface area contributed by atoms with E-state index in [1.54, 1.807) is 25.1 Å². The van der Waals surface area contributed by atoms with Crippen LogP contribution in [0.4, 0.5) is 5.69 Å². The lowest BCUT2D eigenvalue weighted by atomic mass is 10.1. The van der Waals surface area contributed by atoms with Crippen LogP contribution in [0.15, 0.2) is 18.2 Å². The van der Waals surface area contributed by atoms with Gasteiger partial charge in [-0.1, -0.05) is 0 Å². The van der Waals surface area contributed by atoms with Gasteiger partial charge in [0.25, 0.3) is 11.8 Å². The van der Waals surface area contributed by atoms with E-state index in [2.05, 4.69) is 5.32 Å². The monoisotopic (exact) mass is 234 g/mol. The van der Waals surface area contributed by atoms with E-state index < -0.39 is 6.10 Å². The highest BCUT2D eigenvalue weighted by molar-refractivity contribution is 6.21. The van der Waals surface area contributed by atoms with Crippen LogP contribution < -0.4 is 5.32 Å². The maximum atomic E-state index is 11.7. The van der Waals surface area contributed by atoms with Crippen LogP contribution in [0.2, 0.25) is 0 Å². The quantitative estimate of drug-likeness (QED) is 0.755. The Morgan fingerprint density at radius 2 is 1.94 bits per heavy atom. The number of benzene rings is 1. The molecule has 0 saturated carbocycles. The van der Waals surface area contributed by atoms with Crippen molar-refractivity contribution >= 4 is 17.5 Å². The summed E-state index contributed by atoms with van der Waals surface area (Å²) in [6.07, 6.45) is -0.469. The lowest BCUT2D eigenvalue weighted by molar-refractivity contribution is 0.0693. The summed E-state index contributed by atoms with van der Waals surface area (Å²) in [6, 6.07) is 5.00. The summed E-state index contributed by atoms with van der Waals surface area (Å²) >= 11 is 0. The molecule has 2 amide bonds. The van der Waals surface area contributed by atoms with Gasteiger partial charge in [0.15, 0.2) is 0 Å². The number of rotatable bonds is 3. The Morgan fingerprint density at radius 1 is 1.29 bits per heavy atom. The Kier molecular flexibility index (Phi) is 2.85. The number of aliphatic hydroxyl groups excluding tert-OH is 1. The molecule has 5 heteroatoms. The molecule has 17 heavy (non-hydrogen) atoms. The number of carbonyl (C=O) groups excluding carboxylic acids is 2. The van der Waals surface area contributed by atoms with E-state index in [0.717, 1.165) is 10.6 Å². The Morgan fingerprint density at radius 3 is 2.59 bits per heavy atom. The van der Waals surface area contributed by atoms with E-state index in [4.69, 9.17) is 5.11 Å². The second-order valence-corrected chi connectivity index (χ2v) is 4.16. The van der Waals surface area contributed by atoms with Crippen molar-refractivity contribution < 1.29 is 14.7 Å². The van der Waals surface area contributed by atoms with Crippen molar-refractivity contribution in [1.29, 1.82) is 0 Å². The molecular formula is C12H14N2O3. The van der Waals surface area contributed by atoms with Crippen LogP contribution in [0.5, 0.6) is 0 Å². The first-order valence-corrected chi connectivity index (χ1v) is 5.39. The third-order valence-corrected chi connectivity index (χ3v) is 2.69. The van der Waals surface area contributed by atoms with Gasteiger partial charge in [-0.2, -0.15) is 0 Å². The number of fused-ring (bicyclic) bond motifs is 1. The smallest absolute Gasteiger partial charge is 0.261 e. The Labute approximate surface area is 99.0 Å². The fraction of sp³-hybridized carbons (Fsp3) is 0.333. The molecule has 2 N–H and O–H groups in total. The van der Waals surface area contributed by atoms with Gasteiger partial charge in [0.1, 0.15) is 0 Å². The number of nitrogens with one attached hydrogen (secondary N) is 1. The number of amides is 2. The molecule has 1 aromatic carbocycles. The van der Waals surface area contributed by atoms with Crippen LogP contribution in [-0.2, 0) is 0 Å². The van der Waals surface area contributed by atoms with Crippen LogP contribution in [0, 0.1) is 0 Å². The van der Waals surface area contributed by atoms with E-state index in [-0.39, 0.29) is 11.8 Å². The van der Waals surface area contributed by atoms with Gasteiger partial charge in [-0.15, -0.1) is 0 Å². The fourth-order valence-corrected chi connectivity index (χ4v) is 1.74. The van der Waals surface area contributed by atoms with Crippen molar-refractivity contribution in [3.05, 3.63) is 29.3 Å². The first kappa shape index (κ1) is 11.6. The first-order chi connectivity index (χ1) is 8.00. The minimum atomic E-state index is -0.469. The number of hydrogen-bond donors (Lipinski definition) is 2. The lowest BCUT2D eigenvalue weighted by Gasteiger charge is -2.08. The van der Waals surface area contributed by atoms with E-state index >= 15 is 0 Å². The van der Waals surface area contributed by atoms with Crippen molar-refractivity contribution in [2.45, 2.75) is 13.0 Å². The van der Waals surface area contributed by atoms with Crippen LogP contribution in [-0.4, -0.2) is 41.5 Å². The topological polar surface area (TPSA) is 69.6 Å². The first-order valence-electron chi connectivity index (χ1n) is 5.39. The molecule has 0 bridgehead atoms. The summed E-state index contributed by atoms with van der Waals surface area (Å²) in [5.74, 6) is -0.558. The van der Waals surface area contributed by atoms with E-state index in [0.29, 0.717) is 17.7 Å². The zero-order valence-corrected chi connectivity index (χ0v) is 9.73. The zero-order chi connectivity index (χ0) is 12.6. The van der Waals surface area contributed by atoms with Gasteiger partial charge in [0, 0.05) is 19.3 Å². The molecule has 0 spiro atoms. The molecule has 5 nitrogen and oxygen atoms in total. The van der Waals surface area contributed by atoms with Gasteiger partial charge in [0.2, 0.25) is 0 Å². The Bertz CT molecular complexity index is 483.